The maximum atomic E-state index is 12.4. The highest BCUT2D eigenvalue weighted by Crippen LogP contribution is 2.28. The molecule has 8 heteroatoms. The van der Waals surface area contributed by atoms with Gasteiger partial charge in [0, 0.05) is 13.0 Å². The lowest BCUT2D eigenvalue weighted by atomic mass is 10.0. The van der Waals surface area contributed by atoms with Crippen molar-refractivity contribution in [2.75, 3.05) is 0 Å². The van der Waals surface area contributed by atoms with Crippen LogP contribution in [0.15, 0.2) is 54.6 Å². The highest BCUT2D eigenvalue weighted by Gasteiger charge is 2.45. The van der Waals surface area contributed by atoms with E-state index in [0.717, 1.165) is 0 Å². The van der Waals surface area contributed by atoms with Crippen LogP contribution in [0, 0.1) is 0 Å². The molecular formula is C21H22O8. The lowest BCUT2D eigenvalue weighted by Crippen LogP contribution is -2.38. The predicted octanol–water partition coefficient (Wildman–Crippen LogP) is 1.33. The average Bonchev–Trinajstić information content (AvgIpc) is 3.00. The van der Waals surface area contributed by atoms with Crippen LogP contribution in [0.5, 0.6) is 0 Å². The highest BCUT2D eigenvalue weighted by molar-refractivity contribution is 5.89. The number of fused-ring (bicyclic) bond motifs is 1. The van der Waals surface area contributed by atoms with Crippen LogP contribution in [-0.4, -0.2) is 59.6 Å². The van der Waals surface area contributed by atoms with Gasteiger partial charge in [0.1, 0.15) is 24.4 Å². The van der Waals surface area contributed by atoms with Gasteiger partial charge in [-0.3, -0.25) is 4.79 Å². The lowest BCUT2D eigenvalue weighted by Gasteiger charge is -2.22. The van der Waals surface area contributed by atoms with Crippen molar-refractivity contribution in [2.45, 2.75) is 50.5 Å². The van der Waals surface area contributed by atoms with Crippen molar-refractivity contribution in [1.29, 1.82) is 0 Å². The van der Waals surface area contributed by atoms with E-state index in [4.69, 9.17) is 18.9 Å². The van der Waals surface area contributed by atoms with Gasteiger partial charge < -0.3 is 24.1 Å². The summed E-state index contributed by atoms with van der Waals surface area (Å²) in [6.07, 6.45) is 0.848. The third-order valence-corrected chi connectivity index (χ3v) is 4.54. The second-order valence-corrected chi connectivity index (χ2v) is 6.75. The van der Waals surface area contributed by atoms with Crippen LogP contribution in [0.25, 0.3) is 0 Å². The summed E-state index contributed by atoms with van der Waals surface area (Å²) in [5, 5.41) is 10.4. The molecule has 1 saturated heterocycles. The molecule has 1 aromatic carbocycles. The van der Waals surface area contributed by atoms with Gasteiger partial charge in [-0.05, 0) is 31.2 Å². The molecule has 6 atom stereocenters. The molecule has 1 aromatic rings. The van der Waals surface area contributed by atoms with Crippen LogP contribution in [0.1, 0.15) is 24.2 Å². The van der Waals surface area contributed by atoms with Crippen molar-refractivity contribution < 1.29 is 38.4 Å². The third-order valence-electron chi connectivity index (χ3n) is 4.54. The number of hydrogen-bond donors (Lipinski definition) is 1. The molecular weight excluding hydrogens is 380 g/mol. The smallest absolute Gasteiger partial charge is 0.338 e. The minimum absolute atomic E-state index is 0.348. The summed E-state index contributed by atoms with van der Waals surface area (Å²) in [7, 11) is 0. The van der Waals surface area contributed by atoms with E-state index in [-0.39, 0.29) is 0 Å². The van der Waals surface area contributed by atoms with E-state index in [0.29, 0.717) is 5.56 Å². The first kappa shape index (κ1) is 20.8. The zero-order valence-electron chi connectivity index (χ0n) is 16.0. The first-order valence-electron chi connectivity index (χ1n) is 9.19. The molecule has 2 aliphatic heterocycles. The molecule has 6 unspecified atom stereocenters. The van der Waals surface area contributed by atoms with E-state index in [1.165, 1.54) is 31.2 Å². The summed E-state index contributed by atoms with van der Waals surface area (Å²) < 4.78 is 21.4. The minimum Gasteiger partial charge on any atom is -0.459 e. The Morgan fingerprint density at radius 3 is 2.62 bits per heavy atom. The topological polar surface area (TPSA) is 108 Å². The maximum absolute atomic E-state index is 12.4. The zero-order chi connectivity index (χ0) is 21.0. The molecule has 8 nitrogen and oxygen atoms in total. The van der Waals surface area contributed by atoms with Crippen LogP contribution in [-0.2, 0) is 28.5 Å². The molecule has 2 heterocycles. The molecule has 3 rings (SSSR count). The van der Waals surface area contributed by atoms with E-state index in [9.17, 15) is 19.5 Å². The number of ether oxygens (including phenoxy) is 4. The lowest BCUT2D eigenvalue weighted by molar-refractivity contribution is -0.150. The van der Waals surface area contributed by atoms with E-state index >= 15 is 0 Å². The van der Waals surface area contributed by atoms with Gasteiger partial charge in [-0.2, -0.15) is 0 Å². The predicted molar refractivity (Wildman–Crippen MR) is 99.7 cm³/mol. The van der Waals surface area contributed by atoms with Gasteiger partial charge in [0.25, 0.3) is 0 Å². The molecule has 0 bridgehead atoms. The molecule has 0 aliphatic carbocycles. The molecule has 0 saturated carbocycles. The molecule has 1 fully saturated rings. The van der Waals surface area contributed by atoms with Gasteiger partial charge in [0.2, 0.25) is 0 Å². The summed E-state index contributed by atoms with van der Waals surface area (Å²) in [6.45, 7) is 2.84. The van der Waals surface area contributed by atoms with E-state index in [1.54, 1.807) is 37.3 Å². The van der Waals surface area contributed by atoms with Crippen molar-refractivity contribution in [3.05, 3.63) is 60.2 Å². The summed E-state index contributed by atoms with van der Waals surface area (Å²) >= 11 is 0. The van der Waals surface area contributed by atoms with Crippen molar-refractivity contribution in [3.63, 3.8) is 0 Å². The number of hydrogen-bond acceptors (Lipinski definition) is 8. The molecule has 0 amide bonds. The average molecular weight is 402 g/mol. The Kier molecular flexibility index (Phi) is 6.46. The Hall–Kier alpha value is -2.97. The Balaban J connectivity index is 1.72. The molecule has 0 radical (unpaired) electrons. The number of rotatable bonds is 6. The van der Waals surface area contributed by atoms with Crippen molar-refractivity contribution in [1.82, 2.24) is 0 Å². The number of aliphatic hydroxyl groups excluding tert-OH is 1. The van der Waals surface area contributed by atoms with Gasteiger partial charge in [-0.1, -0.05) is 24.3 Å². The fraction of sp³-hybridized carbons (Fsp3) is 0.381. The monoisotopic (exact) mass is 402 g/mol. The van der Waals surface area contributed by atoms with Crippen LogP contribution < -0.4 is 0 Å². The van der Waals surface area contributed by atoms with E-state index in [1.807, 2.05) is 0 Å². The van der Waals surface area contributed by atoms with Crippen LogP contribution in [0.2, 0.25) is 0 Å². The maximum Gasteiger partial charge on any atom is 0.338 e. The minimum atomic E-state index is -1.08. The van der Waals surface area contributed by atoms with Crippen LogP contribution in [0.3, 0.4) is 0 Å². The van der Waals surface area contributed by atoms with E-state index in [2.05, 4.69) is 0 Å². The molecule has 2 aliphatic rings. The highest BCUT2D eigenvalue weighted by atomic mass is 16.6. The summed E-state index contributed by atoms with van der Waals surface area (Å²) in [6, 6.07) is 8.39. The molecule has 1 N–H and O–H groups in total. The summed E-state index contributed by atoms with van der Waals surface area (Å²) in [5.74, 6) is -1.65. The Morgan fingerprint density at radius 1 is 1.21 bits per heavy atom. The van der Waals surface area contributed by atoms with Gasteiger partial charge >= 0.3 is 17.9 Å². The fourth-order valence-corrected chi connectivity index (χ4v) is 3.12. The first-order chi connectivity index (χ1) is 13.8. The second kappa shape index (κ2) is 9.02. The quantitative estimate of drug-likeness (QED) is 0.431. The largest absolute Gasteiger partial charge is 0.459 e. The van der Waals surface area contributed by atoms with Gasteiger partial charge in [0.15, 0.2) is 12.2 Å². The number of benzene rings is 1. The zero-order valence-corrected chi connectivity index (χ0v) is 16.0. The number of carbonyl (C=O) groups excluding carboxylic acids is 3. The Morgan fingerprint density at radius 2 is 1.93 bits per heavy atom. The second-order valence-electron chi connectivity index (χ2n) is 6.75. The normalized spacial score (nSPS) is 27.8. The number of carbonyl (C=O) groups is 3. The summed E-state index contributed by atoms with van der Waals surface area (Å²) in [5.41, 5.74) is 0.348. The third kappa shape index (κ3) is 5.10. The number of esters is 3. The summed E-state index contributed by atoms with van der Waals surface area (Å²) in [4.78, 5) is 35.1. The Bertz CT molecular complexity index is 815. The first-order valence-corrected chi connectivity index (χ1v) is 9.19. The van der Waals surface area contributed by atoms with Crippen molar-refractivity contribution >= 4 is 17.9 Å². The SMILES string of the molecule is CC(=O)OC(C)C(C=CC1OC2C=CC(=O)OC2C1O)OC(=O)c1ccccc1. The molecule has 154 valence electrons. The van der Waals surface area contributed by atoms with Crippen LogP contribution in [0.4, 0.5) is 0 Å². The number of aliphatic hydroxyl groups is 1. The van der Waals surface area contributed by atoms with Crippen LogP contribution >= 0.6 is 0 Å². The molecule has 29 heavy (non-hydrogen) atoms. The van der Waals surface area contributed by atoms with Gasteiger partial charge in [-0.15, -0.1) is 0 Å². The van der Waals surface area contributed by atoms with E-state index < -0.39 is 54.5 Å². The van der Waals surface area contributed by atoms with Gasteiger partial charge in [0.05, 0.1) is 5.56 Å². The van der Waals surface area contributed by atoms with Crippen molar-refractivity contribution in [2.24, 2.45) is 0 Å². The molecule has 0 spiro atoms. The fourth-order valence-electron chi connectivity index (χ4n) is 3.12. The Labute approximate surface area is 167 Å². The van der Waals surface area contributed by atoms with Gasteiger partial charge in [-0.25, -0.2) is 9.59 Å². The van der Waals surface area contributed by atoms with Crippen molar-refractivity contribution in [3.8, 4) is 0 Å². The molecule has 0 aromatic heterocycles. The standard InChI is InChI=1S/C21H22O8/c1-12(26-13(2)22)15(28-21(25)14-6-4-3-5-7-14)8-9-16-19(24)20-17(27-16)10-11-18(23)29-20/h3-12,15-17,19-20,24H,1-2H3.